The van der Waals surface area contributed by atoms with Crippen LogP contribution in [0.4, 0.5) is 24.7 Å². The van der Waals surface area contributed by atoms with Crippen LogP contribution in [0.5, 0.6) is 5.75 Å². The van der Waals surface area contributed by atoms with Gasteiger partial charge in [-0.05, 0) is 61.1 Å². The van der Waals surface area contributed by atoms with Crippen LogP contribution in [0.1, 0.15) is 15.9 Å². The molecule has 8 nitrogen and oxygen atoms in total. The molecule has 34 heavy (non-hydrogen) atoms. The number of hydrogen-bond acceptors (Lipinski definition) is 7. The summed E-state index contributed by atoms with van der Waals surface area (Å²) in [5, 5.41) is 8.54. The fourth-order valence-electron chi connectivity index (χ4n) is 2.75. The van der Waals surface area contributed by atoms with E-state index < -0.39 is 12.3 Å². The van der Waals surface area contributed by atoms with Crippen LogP contribution >= 0.6 is 11.8 Å². The highest BCUT2D eigenvalue weighted by Crippen LogP contribution is 2.27. The summed E-state index contributed by atoms with van der Waals surface area (Å²) in [7, 11) is 1.66. The van der Waals surface area contributed by atoms with E-state index in [-0.39, 0.29) is 18.2 Å². The Morgan fingerprint density at radius 2 is 1.79 bits per heavy atom. The molecule has 3 N–H and O–H groups in total. The number of halogens is 3. The van der Waals surface area contributed by atoms with E-state index in [4.69, 9.17) is 0 Å². The molecule has 3 rings (SSSR count). The normalized spacial score (nSPS) is 11.1. The Hall–Kier alpha value is -3.64. The van der Waals surface area contributed by atoms with E-state index in [0.29, 0.717) is 27.8 Å². The average molecular weight is 491 g/mol. The molecule has 0 radical (unpaired) electrons. The topological polar surface area (TPSA) is 105 Å². The van der Waals surface area contributed by atoms with Gasteiger partial charge in [-0.1, -0.05) is 0 Å². The van der Waals surface area contributed by atoms with Crippen molar-refractivity contribution in [1.29, 1.82) is 0 Å². The molecule has 0 aliphatic carbocycles. The smallest absolute Gasteiger partial charge is 0.406 e. The number of ether oxygens (including phenoxy) is 1. The lowest BCUT2D eigenvalue weighted by atomic mass is 10.2. The number of alkyl halides is 3. The molecule has 2 heterocycles. The summed E-state index contributed by atoms with van der Waals surface area (Å²) in [6.45, 7) is 0.158. The highest BCUT2D eigenvalue weighted by atomic mass is 32.2. The van der Waals surface area contributed by atoms with Crippen LogP contribution in [-0.2, 0) is 10.5 Å². The van der Waals surface area contributed by atoms with Crippen molar-refractivity contribution in [2.45, 2.75) is 17.1 Å². The molecule has 0 spiro atoms. The minimum atomic E-state index is -4.79. The van der Waals surface area contributed by atoms with Crippen LogP contribution in [0.25, 0.3) is 0 Å². The molecular weight excluding hydrogens is 471 g/mol. The van der Waals surface area contributed by atoms with Crippen molar-refractivity contribution < 1.29 is 27.5 Å². The first-order chi connectivity index (χ1) is 16.2. The molecule has 12 heteroatoms. The number of pyridine rings is 2. The number of anilines is 2. The molecule has 3 aromatic rings. The number of likely N-dealkylation sites (N-methyl/N-ethyl adjacent to an activating group) is 1. The number of amides is 2. The number of carbonyl (C=O) groups is 2. The Labute approximate surface area is 197 Å². The molecule has 178 valence electrons. The van der Waals surface area contributed by atoms with Gasteiger partial charge in [0.25, 0.3) is 5.91 Å². The molecule has 0 saturated carbocycles. The molecule has 2 amide bonds. The predicted molar refractivity (Wildman–Crippen MR) is 122 cm³/mol. The number of thioether (sulfide) groups is 1. The standard InChI is InChI=1S/C22H20F3N5O3S/c1-26-12-19(31)30-18-11-14(8-10-27-18)13-34-21-17(3-2-9-28-21)20(32)29-15-4-6-16(7-5-15)33-22(23,24)25/h2-11,26H,12-13H2,1H3,(H,29,32)(H,27,30,31). The van der Waals surface area contributed by atoms with Crippen molar-refractivity contribution in [3.63, 3.8) is 0 Å². The first-order valence-corrected chi connectivity index (χ1v) is 10.9. The van der Waals surface area contributed by atoms with Crippen LogP contribution in [0.2, 0.25) is 0 Å². The molecule has 0 aliphatic heterocycles. The van der Waals surface area contributed by atoms with Gasteiger partial charge in [0, 0.05) is 23.8 Å². The van der Waals surface area contributed by atoms with Crippen LogP contribution in [0, 0.1) is 0 Å². The van der Waals surface area contributed by atoms with Crippen LogP contribution in [-0.4, -0.2) is 41.7 Å². The molecular formula is C22H20F3N5O3S. The lowest BCUT2D eigenvalue weighted by Gasteiger charge is -2.11. The van der Waals surface area contributed by atoms with Gasteiger partial charge >= 0.3 is 6.36 Å². The summed E-state index contributed by atoms with van der Waals surface area (Å²) in [5.41, 5.74) is 1.46. The lowest BCUT2D eigenvalue weighted by molar-refractivity contribution is -0.274. The van der Waals surface area contributed by atoms with Crippen LogP contribution in [0.3, 0.4) is 0 Å². The fraction of sp³-hybridized carbons (Fsp3) is 0.182. The Morgan fingerprint density at radius 3 is 2.50 bits per heavy atom. The number of benzene rings is 1. The zero-order chi connectivity index (χ0) is 24.6. The Kier molecular flexibility index (Phi) is 8.44. The predicted octanol–water partition coefficient (Wildman–Crippen LogP) is 4.08. The van der Waals surface area contributed by atoms with Gasteiger partial charge in [-0.25, -0.2) is 9.97 Å². The van der Waals surface area contributed by atoms with Crippen LogP contribution in [0.15, 0.2) is 66.0 Å². The number of hydrogen-bond donors (Lipinski definition) is 3. The summed E-state index contributed by atoms with van der Waals surface area (Å²) < 4.78 is 40.7. The molecule has 0 fully saturated rings. The molecule has 0 aliphatic rings. The van der Waals surface area contributed by atoms with Gasteiger partial charge in [-0.3, -0.25) is 9.59 Å². The summed E-state index contributed by atoms with van der Waals surface area (Å²) in [6.07, 6.45) is -1.66. The van der Waals surface area contributed by atoms with Gasteiger partial charge < -0.3 is 20.7 Å². The van der Waals surface area contributed by atoms with E-state index in [9.17, 15) is 22.8 Å². The van der Waals surface area contributed by atoms with Crippen molar-refractivity contribution in [1.82, 2.24) is 15.3 Å². The van der Waals surface area contributed by atoms with Crippen molar-refractivity contribution >= 4 is 35.1 Å². The van der Waals surface area contributed by atoms with Gasteiger partial charge in [0.15, 0.2) is 0 Å². The van der Waals surface area contributed by atoms with Gasteiger partial charge in [0.1, 0.15) is 16.6 Å². The molecule has 0 atom stereocenters. The van der Waals surface area contributed by atoms with Crippen molar-refractivity contribution in [2.75, 3.05) is 24.2 Å². The maximum absolute atomic E-state index is 12.8. The fourth-order valence-corrected chi connectivity index (χ4v) is 3.68. The van der Waals surface area contributed by atoms with E-state index in [0.717, 1.165) is 17.7 Å². The number of nitrogens with one attached hydrogen (secondary N) is 3. The van der Waals surface area contributed by atoms with Crippen molar-refractivity contribution in [2.24, 2.45) is 0 Å². The zero-order valence-electron chi connectivity index (χ0n) is 17.8. The molecule has 1 aromatic carbocycles. The van der Waals surface area contributed by atoms with Crippen molar-refractivity contribution in [3.8, 4) is 5.75 Å². The minimum Gasteiger partial charge on any atom is -0.406 e. The van der Waals surface area contributed by atoms with Gasteiger partial charge in [-0.15, -0.1) is 24.9 Å². The Morgan fingerprint density at radius 1 is 1.03 bits per heavy atom. The third-order valence-corrected chi connectivity index (χ3v) is 5.24. The summed E-state index contributed by atoms with van der Waals surface area (Å²) >= 11 is 1.32. The number of carbonyl (C=O) groups excluding carboxylic acids is 2. The SMILES string of the molecule is CNCC(=O)Nc1cc(CSc2ncccc2C(=O)Nc2ccc(OC(F)(F)F)cc2)ccn1. The molecule has 0 bridgehead atoms. The number of aromatic nitrogens is 2. The lowest BCUT2D eigenvalue weighted by Crippen LogP contribution is -2.25. The quantitative estimate of drug-likeness (QED) is 0.388. The molecule has 0 saturated heterocycles. The van der Waals surface area contributed by atoms with E-state index in [2.05, 4.69) is 30.7 Å². The van der Waals surface area contributed by atoms with Crippen molar-refractivity contribution in [3.05, 3.63) is 72.1 Å². The van der Waals surface area contributed by atoms with Gasteiger partial charge in [0.2, 0.25) is 5.91 Å². The highest BCUT2D eigenvalue weighted by Gasteiger charge is 2.31. The average Bonchev–Trinajstić information content (AvgIpc) is 2.78. The second-order valence-electron chi connectivity index (χ2n) is 6.80. The van der Waals surface area contributed by atoms with E-state index in [1.54, 1.807) is 43.7 Å². The first-order valence-electron chi connectivity index (χ1n) is 9.88. The zero-order valence-corrected chi connectivity index (χ0v) is 18.7. The third kappa shape index (κ3) is 7.74. The van der Waals surface area contributed by atoms with E-state index in [1.807, 2.05) is 0 Å². The highest BCUT2D eigenvalue weighted by molar-refractivity contribution is 7.98. The monoisotopic (exact) mass is 491 g/mol. The second-order valence-corrected chi connectivity index (χ2v) is 7.76. The molecule has 2 aromatic heterocycles. The number of nitrogens with zero attached hydrogens (tertiary/aromatic N) is 2. The summed E-state index contributed by atoms with van der Waals surface area (Å²) in [5.74, 6) is -0.202. The maximum atomic E-state index is 12.8. The Bertz CT molecular complexity index is 1140. The third-order valence-electron chi connectivity index (χ3n) is 4.17. The van der Waals surface area contributed by atoms with E-state index in [1.165, 1.54) is 23.9 Å². The maximum Gasteiger partial charge on any atom is 0.573 e. The minimum absolute atomic E-state index is 0.158. The van der Waals surface area contributed by atoms with E-state index >= 15 is 0 Å². The molecule has 0 unspecified atom stereocenters. The van der Waals surface area contributed by atoms with Gasteiger partial charge in [-0.2, -0.15) is 0 Å². The summed E-state index contributed by atoms with van der Waals surface area (Å²) in [6, 6.07) is 11.6. The van der Waals surface area contributed by atoms with Gasteiger partial charge in [0.05, 0.1) is 12.1 Å². The first kappa shape index (κ1) is 25.0. The number of rotatable bonds is 9. The Balaban J connectivity index is 1.64. The summed E-state index contributed by atoms with van der Waals surface area (Å²) in [4.78, 5) is 32.9. The second kappa shape index (κ2) is 11.5. The van der Waals surface area contributed by atoms with Crippen LogP contribution < -0.4 is 20.7 Å². The largest absolute Gasteiger partial charge is 0.573 e.